The van der Waals surface area contributed by atoms with Crippen LogP contribution in [0.25, 0.3) is 10.9 Å². The van der Waals surface area contributed by atoms with Gasteiger partial charge in [0.1, 0.15) is 5.75 Å². The molecular formula is C17H20Cl2N2O3. The van der Waals surface area contributed by atoms with Gasteiger partial charge < -0.3 is 19.8 Å². The van der Waals surface area contributed by atoms with Crippen molar-refractivity contribution in [2.75, 3.05) is 26.9 Å². The Kier molecular flexibility index (Phi) is 5.23. The third-order valence-corrected chi connectivity index (χ3v) is 5.09. The number of H-pyrrole nitrogens is 1. The molecule has 0 unspecified atom stereocenters. The fourth-order valence-corrected chi connectivity index (χ4v) is 3.52. The average molecular weight is 371 g/mol. The summed E-state index contributed by atoms with van der Waals surface area (Å²) in [6.45, 7) is 3.61. The maximum Gasteiger partial charge on any atom is 0.227 e. The molecule has 1 aliphatic heterocycles. The molecule has 0 radical (unpaired) electrons. The first-order chi connectivity index (χ1) is 11.5. The maximum atomic E-state index is 12.2. The molecule has 0 saturated carbocycles. The van der Waals surface area contributed by atoms with Crippen LogP contribution >= 0.6 is 23.2 Å². The second kappa shape index (κ2) is 7.21. The lowest BCUT2D eigenvalue weighted by Crippen LogP contribution is -2.26. The van der Waals surface area contributed by atoms with E-state index in [-0.39, 0.29) is 11.8 Å². The van der Waals surface area contributed by atoms with Crippen LogP contribution in [0.5, 0.6) is 5.75 Å². The zero-order valence-corrected chi connectivity index (χ0v) is 15.2. The predicted molar refractivity (Wildman–Crippen MR) is 95.4 cm³/mol. The molecule has 2 N–H and O–H groups in total. The maximum absolute atomic E-state index is 12.2. The van der Waals surface area contributed by atoms with Gasteiger partial charge in [-0.3, -0.25) is 4.79 Å². The number of methoxy groups -OCH3 is 1. The molecule has 130 valence electrons. The first kappa shape index (κ1) is 17.4. The minimum absolute atomic E-state index is 0.00561. The number of hydrogen-bond donors (Lipinski definition) is 2. The van der Waals surface area contributed by atoms with Crippen molar-refractivity contribution in [3.05, 3.63) is 27.4 Å². The number of ether oxygens (including phenoxy) is 2. The number of halogens is 2. The van der Waals surface area contributed by atoms with E-state index in [9.17, 15) is 4.79 Å². The number of aromatic amines is 1. The molecule has 0 aliphatic carbocycles. The van der Waals surface area contributed by atoms with E-state index in [2.05, 4.69) is 10.3 Å². The summed E-state index contributed by atoms with van der Waals surface area (Å²) in [6, 6.07) is 1.72. The summed E-state index contributed by atoms with van der Waals surface area (Å²) in [6.07, 6.45) is 1.48. The van der Waals surface area contributed by atoms with Gasteiger partial charge in [0, 0.05) is 50.2 Å². The van der Waals surface area contributed by atoms with Gasteiger partial charge in [0.2, 0.25) is 5.91 Å². The molecule has 1 aromatic heterocycles. The van der Waals surface area contributed by atoms with Crippen molar-refractivity contribution < 1.29 is 14.3 Å². The molecule has 1 aromatic carbocycles. The minimum atomic E-state index is -0.283. The molecule has 2 aromatic rings. The molecule has 1 aliphatic rings. The summed E-state index contributed by atoms with van der Waals surface area (Å²) in [5, 5.41) is 4.66. The van der Waals surface area contributed by atoms with Gasteiger partial charge in [0.15, 0.2) is 0 Å². The van der Waals surface area contributed by atoms with Gasteiger partial charge in [-0.15, -0.1) is 0 Å². The minimum Gasteiger partial charge on any atom is -0.493 e. The topological polar surface area (TPSA) is 63.4 Å². The van der Waals surface area contributed by atoms with Crippen molar-refractivity contribution in [3.8, 4) is 5.75 Å². The SMILES string of the molecule is COCCCOc1cc(Cl)c(Cl)c2[nH]c3c(c12)[C@H](C)C(=O)NCC3. The van der Waals surface area contributed by atoms with Gasteiger partial charge in [-0.25, -0.2) is 0 Å². The molecule has 0 bridgehead atoms. The summed E-state index contributed by atoms with van der Waals surface area (Å²) >= 11 is 12.6. The Labute approximate surface area is 150 Å². The van der Waals surface area contributed by atoms with E-state index in [4.69, 9.17) is 32.7 Å². The summed E-state index contributed by atoms with van der Waals surface area (Å²) in [7, 11) is 1.66. The summed E-state index contributed by atoms with van der Waals surface area (Å²) in [5.41, 5.74) is 2.68. The number of aromatic nitrogens is 1. The largest absolute Gasteiger partial charge is 0.493 e. The lowest BCUT2D eigenvalue weighted by molar-refractivity contribution is -0.121. The number of rotatable bonds is 5. The van der Waals surface area contributed by atoms with Crippen molar-refractivity contribution in [1.82, 2.24) is 10.3 Å². The molecule has 7 heteroatoms. The highest BCUT2D eigenvalue weighted by molar-refractivity contribution is 6.45. The van der Waals surface area contributed by atoms with Crippen LogP contribution < -0.4 is 10.1 Å². The fraction of sp³-hybridized carbons (Fsp3) is 0.471. The summed E-state index contributed by atoms with van der Waals surface area (Å²) in [5.74, 6) is 0.371. The number of fused-ring (bicyclic) bond motifs is 3. The molecule has 1 amide bonds. The summed E-state index contributed by atoms with van der Waals surface area (Å²) < 4.78 is 11.0. The highest BCUT2D eigenvalue weighted by Crippen LogP contribution is 2.43. The second-order valence-corrected chi connectivity index (χ2v) is 6.68. The van der Waals surface area contributed by atoms with Gasteiger partial charge >= 0.3 is 0 Å². The van der Waals surface area contributed by atoms with Crippen molar-refractivity contribution in [2.45, 2.75) is 25.7 Å². The first-order valence-electron chi connectivity index (χ1n) is 7.96. The Morgan fingerprint density at radius 2 is 2.12 bits per heavy atom. The zero-order chi connectivity index (χ0) is 17.3. The Balaban J connectivity index is 2.11. The highest BCUT2D eigenvalue weighted by Gasteiger charge is 2.29. The number of carbonyl (C=O) groups is 1. The predicted octanol–water partition coefficient (Wildman–Crippen LogP) is 3.67. The lowest BCUT2D eigenvalue weighted by Gasteiger charge is -2.13. The smallest absolute Gasteiger partial charge is 0.227 e. The third-order valence-electron chi connectivity index (χ3n) is 4.30. The number of hydrogen-bond acceptors (Lipinski definition) is 3. The van der Waals surface area contributed by atoms with Crippen LogP contribution in [0.4, 0.5) is 0 Å². The molecule has 0 fully saturated rings. The van der Waals surface area contributed by atoms with Crippen LogP contribution in [0, 0.1) is 0 Å². The molecule has 0 spiro atoms. The van der Waals surface area contributed by atoms with Gasteiger partial charge in [-0.2, -0.15) is 0 Å². The lowest BCUT2D eigenvalue weighted by atomic mass is 9.96. The van der Waals surface area contributed by atoms with E-state index in [0.717, 1.165) is 35.0 Å². The van der Waals surface area contributed by atoms with Crippen molar-refractivity contribution in [3.63, 3.8) is 0 Å². The first-order valence-corrected chi connectivity index (χ1v) is 8.72. The fourth-order valence-electron chi connectivity index (χ4n) is 3.13. The zero-order valence-electron chi connectivity index (χ0n) is 13.7. The number of benzene rings is 1. The number of amides is 1. The van der Waals surface area contributed by atoms with E-state index in [1.807, 2.05) is 6.92 Å². The van der Waals surface area contributed by atoms with E-state index < -0.39 is 0 Å². The third kappa shape index (κ3) is 3.08. The van der Waals surface area contributed by atoms with Crippen LogP contribution in [-0.2, 0) is 16.0 Å². The molecular weight excluding hydrogens is 351 g/mol. The molecule has 2 heterocycles. The second-order valence-electron chi connectivity index (χ2n) is 5.90. The standard InChI is InChI=1S/C17H20Cl2N2O3/c1-9-13-11(4-5-20-17(9)22)21-16-14(13)12(8-10(18)15(16)19)24-7-3-6-23-2/h8-9,21H,3-7H2,1-2H3,(H,20,22)/t9-/m0/s1. The van der Waals surface area contributed by atoms with E-state index in [0.29, 0.717) is 35.6 Å². The van der Waals surface area contributed by atoms with E-state index in [1.54, 1.807) is 13.2 Å². The quantitative estimate of drug-likeness (QED) is 0.789. The van der Waals surface area contributed by atoms with Gasteiger partial charge in [-0.05, 0) is 12.5 Å². The van der Waals surface area contributed by atoms with E-state index in [1.165, 1.54) is 0 Å². The Hall–Kier alpha value is -1.43. The van der Waals surface area contributed by atoms with Crippen LogP contribution in [0.2, 0.25) is 10.0 Å². The van der Waals surface area contributed by atoms with Gasteiger partial charge in [-0.1, -0.05) is 23.2 Å². The Morgan fingerprint density at radius 3 is 2.88 bits per heavy atom. The molecule has 24 heavy (non-hydrogen) atoms. The van der Waals surface area contributed by atoms with Crippen LogP contribution in [0.15, 0.2) is 6.07 Å². The molecule has 0 saturated heterocycles. The number of nitrogens with one attached hydrogen (secondary N) is 2. The normalized spacial score (nSPS) is 17.5. The van der Waals surface area contributed by atoms with Crippen molar-refractivity contribution in [1.29, 1.82) is 0 Å². The van der Waals surface area contributed by atoms with Gasteiger partial charge in [0.05, 0.1) is 28.1 Å². The van der Waals surface area contributed by atoms with Crippen LogP contribution in [-0.4, -0.2) is 37.8 Å². The number of carbonyl (C=O) groups excluding carboxylic acids is 1. The van der Waals surface area contributed by atoms with E-state index >= 15 is 0 Å². The van der Waals surface area contributed by atoms with Crippen molar-refractivity contribution >= 4 is 40.0 Å². The molecule has 5 nitrogen and oxygen atoms in total. The van der Waals surface area contributed by atoms with Gasteiger partial charge in [0.25, 0.3) is 0 Å². The Bertz CT molecular complexity index is 773. The van der Waals surface area contributed by atoms with Crippen LogP contribution in [0.1, 0.15) is 30.5 Å². The molecule has 1 atom stereocenters. The summed E-state index contributed by atoms with van der Waals surface area (Å²) in [4.78, 5) is 15.6. The Morgan fingerprint density at radius 1 is 1.33 bits per heavy atom. The van der Waals surface area contributed by atoms with Crippen molar-refractivity contribution in [2.24, 2.45) is 0 Å². The molecule has 3 rings (SSSR count). The monoisotopic (exact) mass is 370 g/mol. The highest BCUT2D eigenvalue weighted by atomic mass is 35.5. The average Bonchev–Trinajstić information content (AvgIpc) is 2.88. The van der Waals surface area contributed by atoms with Crippen LogP contribution in [0.3, 0.4) is 0 Å².